The second-order valence-corrected chi connectivity index (χ2v) is 7.58. The van der Waals surface area contributed by atoms with Crippen LogP contribution in [-0.2, 0) is 11.2 Å². The van der Waals surface area contributed by atoms with Gasteiger partial charge in [-0.15, -0.1) is 0 Å². The first kappa shape index (κ1) is 19.3. The highest BCUT2D eigenvalue weighted by atomic mass is 16.5. The highest BCUT2D eigenvalue weighted by Crippen LogP contribution is 2.33. The fraction of sp³-hybridized carbons (Fsp3) is 0.391. The Morgan fingerprint density at radius 3 is 2.59 bits per heavy atom. The first-order chi connectivity index (χ1) is 14.1. The second kappa shape index (κ2) is 8.15. The van der Waals surface area contributed by atoms with E-state index in [0.29, 0.717) is 30.8 Å². The van der Waals surface area contributed by atoms with E-state index in [1.165, 1.54) is 5.56 Å². The lowest BCUT2D eigenvalue weighted by Gasteiger charge is -2.41. The quantitative estimate of drug-likeness (QED) is 0.866. The number of likely N-dealkylation sites (tertiary alicyclic amines) is 1. The van der Waals surface area contributed by atoms with E-state index >= 15 is 0 Å². The number of carbonyl (C=O) groups excluding carboxylic acids is 2. The van der Waals surface area contributed by atoms with Crippen LogP contribution in [0.1, 0.15) is 35.2 Å². The van der Waals surface area contributed by atoms with Gasteiger partial charge < -0.3 is 19.9 Å². The number of piperidine rings is 1. The third-order valence-corrected chi connectivity index (χ3v) is 5.97. The van der Waals surface area contributed by atoms with Crippen LogP contribution in [0.25, 0.3) is 0 Å². The van der Waals surface area contributed by atoms with Crippen molar-refractivity contribution in [1.82, 2.24) is 4.90 Å². The molecule has 1 saturated heterocycles. The summed E-state index contributed by atoms with van der Waals surface area (Å²) in [5.41, 5.74) is 3.75. The van der Waals surface area contributed by atoms with Gasteiger partial charge in [-0.2, -0.15) is 0 Å². The molecule has 0 unspecified atom stereocenters. The summed E-state index contributed by atoms with van der Waals surface area (Å²) in [5, 5.41) is 3.06. The summed E-state index contributed by atoms with van der Waals surface area (Å²) >= 11 is 0. The minimum atomic E-state index is -0.0201. The van der Waals surface area contributed by atoms with Gasteiger partial charge in [0.05, 0.1) is 12.7 Å². The van der Waals surface area contributed by atoms with Crippen molar-refractivity contribution in [1.29, 1.82) is 0 Å². The zero-order valence-electron chi connectivity index (χ0n) is 17.0. The van der Waals surface area contributed by atoms with Crippen molar-refractivity contribution in [2.24, 2.45) is 0 Å². The van der Waals surface area contributed by atoms with Gasteiger partial charge >= 0.3 is 0 Å². The standard InChI is InChI=1S/C23H27N3O3/c1-24-17-8-9-19(21(15-17)29-2)23(28)25-13-11-18(12-14-25)26-20-6-4-3-5-16(20)7-10-22(26)27/h3-6,8-9,15,18,24H,7,10-14H2,1-2H3. The highest BCUT2D eigenvalue weighted by molar-refractivity contribution is 5.98. The van der Waals surface area contributed by atoms with Gasteiger partial charge in [0.15, 0.2) is 0 Å². The number of ether oxygens (including phenoxy) is 1. The Bertz CT molecular complexity index is 919. The van der Waals surface area contributed by atoms with E-state index < -0.39 is 0 Å². The van der Waals surface area contributed by atoms with E-state index in [4.69, 9.17) is 4.74 Å². The molecule has 0 aliphatic carbocycles. The lowest BCUT2D eigenvalue weighted by Crippen LogP contribution is -2.50. The molecule has 0 saturated carbocycles. The first-order valence-corrected chi connectivity index (χ1v) is 10.2. The number of methoxy groups -OCH3 is 1. The number of benzene rings is 2. The lowest BCUT2D eigenvalue weighted by atomic mass is 9.95. The van der Waals surface area contributed by atoms with Crippen molar-refractivity contribution in [2.75, 3.05) is 37.5 Å². The number of aryl methyl sites for hydroxylation is 1. The molecule has 0 radical (unpaired) electrons. The normalized spacial score (nSPS) is 17.1. The Morgan fingerprint density at radius 1 is 1.10 bits per heavy atom. The van der Waals surface area contributed by atoms with Gasteiger partial charge in [0.25, 0.3) is 5.91 Å². The molecule has 2 aliphatic heterocycles. The number of amides is 2. The van der Waals surface area contributed by atoms with E-state index in [1.807, 2.05) is 53.2 Å². The second-order valence-electron chi connectivity index (χ2n) is 7.58. The predicted molar refractivity (Wildman–Crippen MR) is 114 cm³/mol. The van der Waals surface area contributed by atoms with Crippen molar-refractivity contribution < 1.29 is 14.3 Å². The maximum absolute atomic E-state index is 13.1. The molecule has 6 heteroatoms. The maximum Gasteiger partial charge on any atom is 0.257 e. The average molecular weight is 393 g/mol. The molecule has 2 heterocycles. The summed E-state index contributed by atoms with van der Waals surface area (Å²) in [5.74, 6) is 0.746. The molecule has 2 aromatic carbocycles. The van der Waals surface area contributed by atoms with Crippen LogP contribution in [-0.4, -0.2) is 50.0 Å². The molecular formula is C23H27N3O3. The topological polar surface area (TPSA) is 61.9 Å². The lowest BCUT2D eigenvalue weighted by molar-refractivity contribution is -0.119. The van der Waals surface area contributed by atoms with Crippen LogP contribution in [0, 0.1) is 0 Å². The van der Waals surface area contributed by atoms with Crippen LogP contribution in [0.15, 0.2) is 42.5 Å². The molecule has 29 heavy (non-hydrogen) atoms. The summed E-state index contributed by atoms with van der Waals surface area (Å²) < 4.78 is 5.43. The molecule has 6 nitrogen and oxygen atoms in total. The number of rotatable bonds is 4. The van der Waals surface area contributed by atoms with Crippen LogP contribution in [0.4, 0.5) is 11.4 Å². The minimum Gasteiger partial charge on any atom is -0.496 e. The molecule has 0 atom stereocenters. The third kappa shape index (κ3) is 3.67. The van der Waals surface area contributed by atoms with Crippen molar-refractivity contribution in [3.8, 4) is 5.75 Å². The largest absolute Gasteiger partial charge is 0.496 e. The molecule has 2 aromatic rings. The zero-order valence-corrected chi connectivity index (χ0v) is 17.0. The van der Waals surface area contributed by atoms with Crippen molar-refractivity contribution in [2.45, 2.75) is 31.7 Å². The smallest absolute Gasteiger partial charge is 0.257 e. The van der Waals surface area contributed by atoms with Gasteiger partial charge in [0.1, 0.15) is 5.75 Å². The van der Waals surface area contributed by atoms with Crippen LogP contribution in [0.2, 0.25) is 0 Å². The highest BCUT2D eigenvalue weighted by Gasteiger charge is 2.34. The summed E-state index contributed by atoms with van der Waals surface area (Å²) in [7, 11) is 3.41. The number of hydrogen-bond donors (Lipinski definition) is 1. The molecule has 0 aromatic heterocycles. The first-order valence-electron chi connectivity index (χ1n) is 10.2. The summed E-state index contributed by atoms with van der Waals surface area (Å²) in [6, 6.07) is 13.8. The number of nitrogens with zero attached hydrogens (tertiary/aromatic N) is 2. The number of anilines is 2. The molecular weight excluding hydrogens is 366 g/mol. The van der Waals surface area contributed by atoms with Gasteiger partial charge in [-0.25, -0.2) is 0 Å². The van der Waals surface area contributed by atoms with Gasteiger partial charge in [-0.3, -0.25) is 9.59 Å². The average Bonchev–Trinajstić information content (AvgIpc) is 2.78. The zero-order chi connectivity index (χ0) is 20.4. The Labute approximate surface area is 171 Å². The summed E-state index contributed by atoms with van der Waals surface area (Å²) in [4.78, 5) is 29.6. The molecule has 2 aliphatic rings. The van der Waals surface area contributed by atoms with Crippen molar-refractivity contribution >= 4 is 23.2 Å². The molecule has 1 N–H and O–H groups in total. The minimum absolute atomic E-state index is 0.0201. The van der Waals surface area contributed by atoms with E-state index in [-0.39, 0.29) is 17.9 Å². The number of fused-ring (bicyclic) bond motifs is 1. The van der Waals surface area contributed by atoms with Gasteiger partial charge in [-0.1, -0.05) is 18.2 Å². The van der Waals surface area contributed by atoms with Crippen molar-refractivity contribution in [3.05, 3.63) is 53.6 Å². The molecule has 2 amide bonds. The Morgan fingerprint density at radius 2 is 1.86 bits per heavy atom. The Hall–Kier alpha value is -3.02. The fourth-order valence-corrected chi connectivity index (χ4v) is 4.37. The van der Waals surface area contributed by atoms with Crippen LogP contribution < -0.4 is 15.0 Å². The van der Waals surface area contributed by atoms with E-state index in [9.17, 15) is 9.59 Å². The Kier molecular flexibility index (Phi) is 5.43. The third-order valence-electron chi connectivity index (χ3n) is 5.97. The monoisotopic (exact) mass is 393 g/mol. The van der Waals surface area contributed by atoms with Crippen LogP contribution in [0.5, 0.6) is 5.75 Å². The molecule has 1 fully saturated rings. The van der Waals surface area contributed by atoms with E-state index in [0.717, 1.165) is 30.6 Å². The van der Waals surface area contributed by atoms with Crippen molar-refractivity contribution in [3.63, 3.8) is 0 Å². The number of hydrogen-bond acceptors (Lipinski definition) is 4. The number of carbonyl (C=O) groups is 2. The van der Waals surface area contributed by atoms with Gasteiger partial charge in [-0.05, 0) is 43.0 Å². The fourth-order valence-electron chi connectivity index (χ4n) is 4.37. The SMILES string of the molecule is CNc1ccc(C(=O)N2CCC(N3C(=O)CCc4ccccc43)CC2)c(OC)c1. The van der Waals surface area contributed by atoms with Gasteiger partial charge in [0.2, 0.25) is 5.91 Å². The number of nitrogens with one attached hydrogen (secondary N) is 1. The maximum atomic E-state index is 13.1. The molecule has 152 valence electrons. The Balaban J connectivity index is 1.48. The van der Waals surface area contributed by atoms with Crippen LogP contribution >= 0.6 is 0 Å². The summed E-state index contributed by atoms with van der Waals surface area (Å²) in [6.45, 7) is 1.26. The molecule has 0 spiro atoms. The predicted octanol–water partition coefficient (Wildman–Crippen LogP) is 3.32. The van der Waals surface area contributed by atoms with E-state index in [1.54, 1.807) is 7.11 Å². The van der Waals surface area contributed by atoms with E-state index in [2.05, 4.69) is 11.4 Å². The molecule has 0 bridgehead atoms. The molecule has 4 rings (SSSR count). The van der Waals surface area contributed by atoms with Crippen LogP contribution in [0.3, 0.4) is 0 Å². The van der Waals surface area contributed by atoms with Gasteiger partial charge in [0, 0.05) is 50.0 Å². The summed E-state index contributed by atoms with van der Waals surface area (Å²) in [6.07, 6.45) is 2.93. The number of para-hydroxylation sites is 1.